The Morgan fingerprint density at radius 1 is 1.30 bits per heavy atom. The molecule has 1 amide bonds. The van der Waals surface area contributed by atoms with Crippen molar-refractivity contribution in [3.63, 3.8) is 0 Å². The van der Waals surface area contributed by atoms with Crippen molar-refractivity contribution in [1.82, 2.24) is 0 Å². The van der Waals surface area contributed by atoms with Gasteiger partial charge in [0.2, 0.25) is 0 Å². The summed E-state index contributed by atoms with van der Waals surface area (Å²) in [6.07, 6.45) is 4.36. The maximum Gasteiger partial charge on any atom is 0.341 e. The molecule has 6 heteroatoms. The molecule has 1 aliphatic rings. The van der Waals surface area contributed by atoms with Crippen LogP contribution < -0.4 is 10.1 Å². The number of carbonyl (C=O) groups excluding carboxylic acids is 2. The van der Waals surface area contributed by atoms with Crippen LogP contribution in [0.25, 0.3) is 0 Å². The van der Waals surface area contributed by atoms with Gasteiger partial charge in [0.1, 0.15) is 16.9 Å². The molecule has 0 aromatic heterocycles. The largest absolute Gasteiger partial charge is 0.496 e. The second-order valence-corrected chi connectivity index (χ2v) is 7.13. The zero-order valence-corrected chi connectivity index (χ0v) is 16.8. The van der Waals surface area contributed by atoms with Crippen molar-refractivity contribution in [1.29, 1.82) is 0 Å². The Morgan fingerprint density at radius 3 is 2.70 bits per heavy atom. The zero-order valence-electron chi connectivity index (χ0n) is 16.8. The first-order chi connectivity index (χ1) is 13.0. The third kappa shape index (κ3) is 5.22. The highest BCUT2D eigenvalue weighted by Crippen LogP contribution is 2.36. The van der Waals surface area contributed by atoms with Gasteiger partial charge in [-0.3, -0.25) is 4.79 Å². The van der Waals surface area contributed by atoms with Gasteiger partial charge in [-0.15, -0.1) is 0 Å². The summed E-state index contributed by atoms with van der Waals surface area (Å²) in [7, 11) is 1.49. The molecule has 1 N–H and O–H groups in total. The van der Waals surface area contributed by atoms with E-state index in [0.29, 0.717) is 36.8 Å². The average molecular weight is 377 g/mol. The van der Waals surface area contributed by atoms with Gasteiger partial charge in [0.25, 0.3) is 5.91 Å². The molecular formula is C21H31NO5. The van der Waals surface area contributed by atoms with Gasteiger partial charge in [0, 0.05) is 12.3 Å². The first-order valence-corrected chi connectivity index (χ1v) is 9.76. The van der Waals surface area contributed by atoms with Gasteiger partial charge in [0.15, 0.2) is 0 Å². The van der Waals surface area contributed by atoms with Crippen LogP contribution >= 0.6 is 0 Å². The molecule has 2 rings (SSSR count). The summed E-state index contributed by atoms with van der Waals surface area (Å²) in [5.41, 5.74) is 0.0109. The monoisotopic (exact) mass is 377 g/mol. The minimum Gasteiger partial charge on any atom is -0.496 e. The van der Waals surface area contributed by atoms with Crippen LogP contribution in [0.1, 0.15) is 63.2 Å². The first-order valence-electron chi connectivity index (χ1n) is 9.76. The molecule has 1 aromatic rings. The highest BCUT2D eigenvalue weighted by atomic mass is 16.5. The first kappa shape index (κ1) is 21.2. The molecule has 1 aliphatic carbocycles. The Kier molecular flexibility index (Phi) is 7.66. The molecule has 27 heavy (non-hydrogen) atoms. The van der Waals surface area contributed by atoms with Crippen molar-refractivity contribution >= 4 is 17.6 Å². The number of ether oxygens (including phenoxy) is 3. The average Bonchev–Trinajstić information content (AvgIpc) is 2.66. The zero-order chi connectivity index (χ0) is 19.9. The molecule has 0 heterocycles. The predicted octanol–water partition coefficient (Wildman–Crippen LogP) is 4.19. The van der Waals surface area contributed by atoms with Crippen LogP contribution in [-0.4, -0.2) is 37.8 Å². The van der Waals surface area contributed by atoms with Gasteiger partial charge in [-0.2, -0.15) is 0 Å². The summed E-state index contributed by atoms with van der Waals surface area (Å²) in [5, 5.41) is 2.94. The SMILES string of the molecule is CCCO[C@@]1(C(=O)Nc2ccc(OC)c(C(=O)OCC)c2)CCC[C@@H](C)C1. The van der Waals surface area contributed by atoms with Gasteiger partial charge < -0.3 is 19.5 Å². The molecule has 0 spiro atoms. The molecule has 0 radical (unpaired) electrons. The summed E-state index contributed by atoms with van der Waals surface area (Å²) in [4.78, 5) is 25.3. The fraction of sp³-hybridized carbons (Fsp3) is 0.619. The maximum absolute atomic E-state index is 13.1. The molecule has 0 bridgehead atoms. The predicted molar refractivity (Wildman–Crippen MR) is 104 cm³/mol. The van der Waals surface area contributed by atoms with E-state index in [2.05, 4.69) is 12.2 Å². The Hall–Kier alpha value is -2.08. The summed E-state index contributed by atoms with van der Waals surface area (Å²) in [6, 6.07) is 4.97. The lowest BCUT2D eigenvalue weighted by Crippen LogP contribution is -2.48. The van der Waals surface area contributed by atoms with E-state index in [1.807, 2.05) is 6.92 Å². The molecule has 0 unspecified atom stereocenters. The summed E-state index contributed by atoms with van der Waals surface area (Å²) in [6.45, 7) is 6.76. The molecule has 0 saturated heterocycles. The van der Waals surface area contributed by atoms with E-state index in [0.717, 1.165) is 19.3 Å². The molecular weight excluding hydrogens is 346 g/mol. The topological polar surface area (TPSA) is 73.9 Å². The Morgan fingerprint density at radius 2 is 2.07 bits per heavy atom. The fourth-order valence-corrected chi connectivity index (χ4v) is 3.60. The van der Waals surface area contributed by atoms with E-state index in [1.165, 1.54) is 7.11 Å². The molecule has 1 saturated carbocycles. The van der Waals surface area contributed by atoms with Crippen molar-refractivity contribution in [2.75, 3.05) is 25.6 Å². The van der Waals surface area contributed by atoms with Crippen molar-refractivity contribution in [2.24, 2.45) is 5.92 Å². The normalized spacial score (nSPS) is 22.1. The second-order valence-electron chi connectivity index (χ2n) is 7.13. The number of carbonyl (C=O) groups is 2. The van der Waals surface area contributed by atoms with Crippen LogP contribution in [0.5, 0.6) is 5.75 Å². The number of nitrogens with one attached hydrogen (secondary N) is 1. The van der Waals surface area contributed by atoms with E-state index in [-0.39, 0.29) is 18.1 Å². The van der Waals surface area contributed by atoms with Crippen molar-refractivity contribution in [3.05, 3.63) is 23.8 Å². The van der Waals surface area contributed by atoms with Gasteiger partial charge in [0.05, 0.1) is 13.7 Å². The van der Waals surface area contributed by atoms with Gasteiger partial charge in [-0.25, -0.2) is 4.79 Å². The van der Waals surface area contributed by atoms with Crippen LogP contribution in [-0.2, 0) is 14.3 Å². The van der Waals surface area contributed by atoms with E-state index >= 15 is 0 Å². The smallest absolute Gasteiger partial charge is 0.341 e. The number of rotatable bonds is 8. The lowest BCUT2D eigenvalue weighted by atomic mass is 9.78. The van der Waals surface area contributed by atoms with Crippen molar-refractivity contribution in [3.8, 4) is 5.75 Å². The highest BCUT2D eigenvalue weighted by molar-refractivity contribution is 5.99. The lowest BCUT2D eigenvalue weighted by Gasteiger charge is -2.38. The van der Waals surface area contributed by atoms with Crippen LogP contribution in [0.15, 0.2) is 18.2 Å². The van der Waals surface area contributed by atoms with Gasteiger partial charge >= 0.3 is 5.97 Å². The van der Waals surface area contributed by atoms with Crippen molar-refractivity contribution in [2.45, 2.75) is 58.5 Å². The van der Waals surface area contributed by atoms with Crippen LogP contribution in [0.4, 0.5) is 5.69 Å². The summed E-state index contributed by atoms with van der Waals surface area (Å²) < 4.78 is 16.4. The summed E-state index contributed by atoms with van der Waals surface area (Å²) >= 11 is 0. The molecule has 1 fully saturated rings. The number of methoxy groups -OCH3 is 1. The second kappa shape index (κ2) is 9.74. The molecule has 2 atom stereocenters. The minimum absolute atomic E-state index is 0.150. The molecule has 0 aliphatic heterocycles. The number of esters is 1. The minimum atomic E-state index is -0.808. The van der Waals surface area contributed by atoms with Crippen LogP contribution in [0.2, 0.25) is 0 Å². The van der Waals surface area contributed by atoms with E-state index in [9.17, 15) is 9.59 Å². The fourth-order valence-electron chi connectivity index (χ4n) is 3.60. The lowest BCUT2D eigenvalue weighted by molar-refractivity contribution is -0.148. The molecule has 1 aromatic carbocycles. The quantitative estimate of drug-likeness (QED) is 0.688. The standard InChI is InChI=1S/C21H31NO5/c1-5-12-27-21(11-7-8-15(3)14-21)20(24)22-16-9-10-18(25-4)17(13-16)19(23)26-6-2/h9-10,13,15H,5-8,11-12,14H2,1-4H3,(H,22,24)/t15-,21+/m1/s1. The van der Waals surface area contributed by atoms with Crippen molar-refractivity contribution < 1.29 is 23.8 Å². The van der Waals surface area contributed by atoms with E-state index in [1.54, 1.807) is 25.1 Å². The third-order valence-corrected chi connectivity index (χ3v) is 4.90. The Balaban J connectivity index is 2.24. The van der Waals surface area contributed by atoms with Crippen LogP contribution in [0, 0.1) is 5.92 Å². The van der Waals surface area contributed by atoms with Gasteiger partial charge in [-0.05, 0) is 56.7 Å². The van der Waals surface area contributed by atoms with Crippen LogP contribution in [0.3, 0.4) is 0 Å². The van der Waals surface area contributed by atoms with E-state index < -0.39 is 11.6 Å². The van der Waals surface area contributed by atoms with Gasteiger partial charge in [-0.1, -0.05) is 20.3 Å². The summed E-state index contributed by atoms with van der Waals surface area (Å²) in [5.74, 6) is 0.221. The van der Waals surface area contributed by atoms with E-state index in [4.69, 9.17) is 14.2 Å². The maximum atomic E-state index is 13.1. The third-order valence-electron chi connectivity index (χ3n) is 4.90. The molecule has 6 nitrogen and oxygen atoms in total. The number of hydrogen-bond acceptors (Lipinski definition) is 5. The number of anilines is 1. The highest BCUT2D eigenvalue weighted by Gasteiger charge is 2.42. The Bertz CT molecular complexity index is 660. The Labute approximate surface area is 161 Å². The molecule has 150 valence electrons. The number of amides is 1. The number of benzene rings is 1. The number of hydrogen-bond donors (Lipinski definition) is 1.